The molecule has 0 fully saturated rings. The monoisotopic (exact) mass is 295 g/mol. The number of hydrogen-bond acceptors (Lipinski definition) is 4. The Balaban J connectivity index is 2.72. The molecular weight excluding hydrogens is 266 g/mol. The van der Waals surface area contributed by atoms with Crippen LogP contribution >= 0.6 is 0 Å². The molecule has 0 heterocycles. The quantitative estimate of drug-likeness (QED) is 0.774. The maximum absolute atomic E-state index is 10.4. The van der Waals surface area contributed by atoms with E-state index in [1.807, 2.05) is 26.0 Å². The first-order valence-electron chi connectivity index (χ1n) is 7.50. The number of methoxy groups -OCH3 is 2. The molecule has 2 atom stereocenters. The zero-order valence-electron chi connectivity index (χ0n) is 14.1. The average molecular weight is 295 g/mol. The highest BCUT2D eigenvalue weighted by atomic mass is 16.5. The molecule has 2 unspecified atom stereocenters. The Bertz CT molecular complexity index is 458. The first-order chi connectivity index (χ1) is 9.85. The van der Waals surface area contributed by atoms with Crippen LogP contribution in [0, 0.1) is 12.8 Å². The molecule has 0 radical (unpaired) electrons. The molecule has 0 saturated heterocycles. The van der Waals surface area contributed by atoms with Gasteiger partial charge in [-0.2, -0.15) is 0 Å². The normalized spacial score (nSPS) is 15.4. The minimum Gasteiger partial charge on any atom is -0.493 e. The van der Waals surface area contributed by atoms with Gasteiger partial charge in [0.2, 0.25) is 0 Å². The van der Waals surface area contributed by atoms with Crippen molar-refractivity contribution >= 4 is 0 Å². The number of rotatable bonds is 8. The Hall–Kier alpha value is -1.26. The van der Waals surface area contributed by atoms with Crippen molar-refractivity contribution < 1.29 is 14.6 Å². The molecule has 120 valence electrons. The van der Waals surface area contributed by atoms with Crippen LogP contribution in [0.4, 0.5) is 0 Å². The largest absolute Gasteiger partial charge is 0.493 e. The van der Waals surface area contributed by atoms with E-state index in [2.05, 4.69) is 19.2 Å². The molecule has 1 aromatic carbocycles. The highest BCUT2D eigenvalue weighted by Crippen LogP contribution is 2.30. The van der Waals surface area contributed by atoms with Gasteiger partial charge in [-0.3, -0.25) is 0 Å². The van der Waals surface area contributed by atoms with Gasteiger partial charge in [-0.25, -0.2) is 0 Å². The van der Waals surface area contributed by atoms with Crippen molar-refractivity contribution in [1.29, 1.82) is 0 Å². The topological polar surface area (TPSA) is 50.7 Å². The van der Waals surface area contributed by atoms with Crippen LogP contribution in [-0.4, -0.2) is 31.5 Å². The Morgan fingerprint density at radius 2 is 1.81 bits per heavy atom. The van der Waals surface area contributed by atoms with E-state index in [1.165, 1.54) is 0 Å². The van der Waals surface area contributed by atoms with Gasteiger partial charge in [-0.15, -0.1) is 0 Å². The van der Waals surface area contributed by atoms with Gasteiger partial charge in [0.05, 0.1) is 19.8 Å². The average Bonchev–Trinajstić information content (AvgIpc) is 2.47. The van der Waals surface area contributed by atoms with Gasteiger partial charge in [0.1, 0.15) is 0 Å². The van der Waals surface area contributed by atoms with Crippen LogP contribution in [-0.2, 0) is 6.54 Å². The Labute approximate surface area is 128 Å². The summed E-state index contributed by atoms with van der Waals surface area (Å²) in [5.74, 6) is 1.73. The summed E-state index contributed by atoms with van der Waals surface area (Å²) in [6.45, 7) is 9.36. The highest BCUT2D eigenvalue weighted by molar-refractivity contribution is 5.46. The van der Waals surface area contributed by atoms with Crippen molar-refractivity contribution in [2.45, 2.75) is 46.3 Å². The third-order valence-electron chi connectivity index (χ3n) is 4.31. The van der Waals surface area contributed by atoms with Crippen molar-refractivity contribution in [3.8, 4) is 11.5 Å². The minimum atomic E-state index is -0.695. The van der Waals surface area contributed by atoms with Crippen LogP contribution in [0.25, 0.3) is 0 Å². The van der Waals surface area contributed by atoms with Crippen molar-refractivity contribution in [3.63, 3.8) is 0 Å². The molecule has 1 aromatic rings. The Morgan fingerprint density at radius 3 is 2.33 bits per heavy atom. The molecule has 0 aromatic heterocycles. The summed E-state index contributed by atoms with van der Waals surface area (Å²) < 4.78 is 10.6. The molecule has 0 aliphatic carbocycles. The molecule has 1 rings (SSSR count). The number of ether oxygens (including phenoxy) is 2. The number of hydrogen-bond donors (Lipinski definition) is 2. The van der Waals surface area contributed by atoms with E-state index >= 15 is 0 Å². The molecule has 4 nitrogen and oxygen atoms in total. The van der Waals surface area contributed by atoms with Gasteiger partial charge in [-0.05, 0) is 43.0 Å². The lowest BCUT2D eigenvalue weighted by molar-refractivity contribution is 0.00533. The smallest absolute Gasteiger partial charge is 0.161 e. The fourth-order valence-electron chi connectivity index (χ4n) is 2.28. The second-order valence-corrected chi connectivity index (χ2v) is 5.90. The molecule has 4 heteroatoms. The van der Waals surface area contributed by atoms with E-state index < -0.39 is 5.60 Å². The van der Waals surface area contributed by atoms with Crippen molar-refractivity contribution in [3.05, 3.63) is 23.3 Å². The molecule has 21 heavy (non-hydrogen) atoms. The number of benzene rings is 1. The molecule has 0 amide bonds. The summed E-state index contributed by atoms with van der Waals surface area (Å²) in [5, 5.41) is 13.7. The predicted octanol–water partition coefficient (Wildman–Crippen LogP) is 2.90. The van der Waals surface area contributed by atoms with Crippen molar-refractivity contribution in [2.24, 2.45) is 5.92 Å². The van der Waals surface area contributed by atoms with Crippen LogP contribution in [0.3, 0.4) is 0 Å². The van der Waals surface area contributed by atoms with Gasteiger partial charge >= 0.3 is 0 Å². The van der Waals surface area contributed by atoms with E-state index in [4.69, 9.17) is 9.47 Å². The molecule has 0 spiro atoms. The summed E-state index contributed by atoms with van der Waals surface area (Å²) in [6.07, 6.45) is 0.962. The van der Waals surface area contributed by atoms with Gasteiger partial charge in [0, 0.05) is 13.1 Å². The van der Waals surface area contributed by atoms with Crippen LogP contribution in [0.2, 0.25) is 0 Å². The second-order valence-electron chi connectivity index (χ2n) is 5.90. The van der Waals surface area contributed by atoms with Crippen LogP contribution < -0.4 is 14.8 Å². The second kappa shape index (κ2) is 7.66. The fourth-order valence-corrected chi connectivity index (χ4v) is 2.28. The zero-order valence-corrected chi connectivity index (χ0v) is 14.1. The van der Waals surface area contributed by atoms with Gasteiger partial charge in [0.15, 0.2) is 11.5 Å². The van der Waals surface area contributed by atoms with Crippen molar-refractivity contribution in [1.82, 2.24) is 5.32 Å². The van der Waals surface area contributed by atoms with Gasteiger partial charge in [0.25, 0.3) is 0 Å². The fraction of sp³-hybridized carbons (Fsp3) is 0.647. The first-order valence-corrected chi connectivity index (χ1v) is 7.50. The maximum Gasteiger partial charge on any atom is 0.161 e. The SMILES string of the molecule is CCC(C)C(C)(O)CNCc1cc(OC)c(OC)cc1C. The molecule has 0 bridgehead atoms. The van der Waals surface area contributed by atoms with E-state index in [0.29, 0.717) is 13.1 Å². The van der Waals surface area contributed by atoms with Gasteiger partial charge in [-0.1, -0.05) is 20.3 Å². The number of aryl methyl sites for hydroxylation is 1. The molecule has 0 aliphatic rings. The molecule has 0 saturated carbocycles. The Kier molecular flexibility index (Phi) is 6.49. The van der Waals surface area contributed by atoms with Crippen LogP contribution in [0.5, 0.6) is 11.5 Å². The lowest BCUT2D eigenvalue weighted by Crippen LogP contribution is -2.42. The summed E-state index contributed by atoms with van der Waals surface area (Å²) in [7, 11) is 3.27. The van der Waals surface area contributed by atoms with Crippen molar-refractivity contribution in [2.75, 3.05) is 20.8 Å². The molecule has 2 N–H and O–H groups in total. The van der Waals surface area contributed by atoms with E-state index in [0.717, 1.165) is 29.0 Å². The van der Waals surface area contributed by atoms with Crippen LogP contribution in [0.15, 0.2) is 12.1 Å². The summed E-state index contributed by atoms with van der Waals surface area (Å²) in [4.78, 5) is 0. The summed E-state index contributed by atoms with van der Waals surface area (Å²) in [5.41, 5.74) is 1.59. The van der Waals surface area contributed by atoms with E-state index in [9.17, 15) is 5.11 Å². The lowest BCUT2D eigenvalue weighted by atomic mass is 9.88. The highest BCUT2D eigenvalue weighted by Gasteiger charge is 2.26. The first kappa shape index (κ1) is 17.8. The molecular formula is C17H29NO3. The standard InChI is InChI=1S/C17H29NO3/c1-7-13(3)17(4,19)11-18-10-14-9-16(21-6)15(20-5)8-12(14)2/h8-9,13,18-19H,7,10-11H2,1-6H3. The van der Waals surface area contributed by atoms with E-state index in [-0.39, 0.29) is 5.92 Å². The maximum atomic E-state index is 10.4. The minimum absolute atomic E-state index is 0.261. The Morgan fingerprint density at radius 1 is 1.24 bits per heavy atom. The number of nitrogens with one attached hydrogen (secondary N) is 1. The van der Waals surface area contributed by atoms with Crippen LogP contribution in [0.1, 0.15) is 38.3 Å². The summed E-state index contributed by atoms with van der Waals surface area (Å²) in [6, 6.07) is 3.96. The predicted molar refractivity (Wildman–Crippen MR) is 86.1 cm³/mol. The third-order valence-corrected chi connectivity index (χ3v) is 4.31. The third kappa shape index (κ3) is 4.61. The summed E-state index contributed by atoms with van der Waals surface area (Å²) >= 11 is 0. The van der Waals surface area contributed by atoms with Gasteiger partial charge < -0.3 is 19.9 Å². The molecule has 0 aliphatic heterocycles. The number of aliphatic hydroxyl groups is 1. The van der Waals surface area contributed by atoms with E-state index in [1.54, 1.807) is 14.2 Å². The lowest BCUT2D eigenvalue weighted by Gasteiger charge is -2.30. The zero-order chi connectivity index (χ0) is 16.0.